The van der Waals surface area contributed by atoms with Gasteiger partial charge in [0.2, 0.25) is 0 Å². The Balaban J connectivity index is 1.56. The van der Waals surface area contributed by atoms with Crippen molar-refractivity contribution in [3.05, 3.63) is 76.7 Å². The summed E-state index contributed by atoms with van der Waals surface area (Å²) in [6.07, 6.45) is 0. The van der Waals surface area contributed by atoms with Crippen molar-refractivity contribution in [2.45, 2.75) is 19.9 Å². The van der Waals surface area contributed by atoms with Gasteiger partial charge in [-0.25, -0.2) is 14.0 Å². The van der Waals surface area contributed by atoms with Gasteiger partial charge in [-0.15, -0.1) is 0 Å². The molecule has 0 aliphatic carbocycles. The standard InChI is InChI=1S/C25H29FN4O3/c1-3-33-24(31)22-20(27-25(32)28-23(22)18-8-10-19(26)11-9-18)16-29-12-14-30(15-13-29)21-7-5-4-6-17(21)2/h4-11,23H,3,12-16H2,1-2H3,(H2,27,28,32)/t23-/m1/s1. The number of hydrogen-bond donors (Lipinski definition) is 2. The monoisotopic (exact) mass is 452 g/mol. The van der Waals surface area contributed by atoms with Crippen LogP contribution >= 0.6 is 0 Å². The first-order valence-corrected chi connectivity index (χ1v) is 11.2. The molecule has 7 nitrogen and oxygen atoms in total. The number of nitrogens with one attached hydrogen (secondary N) is 2. The summed E-state index contributed by atoms with van der Waals surface area (Å²) >= 11 is 0. The van der Waals surface area contributed by atoms with Crippen LogP contribution in [0.2, 0.25) is 0 Å². The Morgan fingerprint density at radius 2 is 1.79 bits per heavy atom. The Labute approximate surface area is 193 Å². The molecule has 0 bridgehead atoms. The predicted octanol–water partition coefficient (Wildman–Crippen LogP) is 3.13. The van der Waals surface area contributed by atoms with E-state index in [-0.39, 0.29) is 12.4 Å². The van der Waals surface area contributed by atoms with Crippen LogP contribution < -0.4 is 15.5 Å². The molecule has 0 unspecified atom stereocenters. The number of ether oxygens (including phenoxy) is 1. The molecular formula is C25H29FN4O3. The van der Waals surface area contributed by atoms with E-state index in [0.717, 1.165) is 26.2 Å². The van der Waals surface area contributed by atoms with Crippen LogP contribution in [-0.2, 0) is 9.53 Å². The van der Waals surface area contributed by atoms with E-state index in [4.69, 9.17) is 4.74 Å². The average Bonchev–Trinajstić information content (AvgIpc) is 2.80. The summed E-state index contributed by atoms with van der Waals surface area (Å²) in [5.41, 5.74) is 3.97. The van der Waals surface area contributed by atoms with Gasteiger partial charge < -0.3 is 20.3 Å². The number of rotatable bonds is 6. The highest BCUT2D eigenvalue weighted by molar-refractivity contribution is 5.95. The first-order valence-electron chi connectivity index (χ1n) is 11.2. The average molecular weight is 453 g/mol. The molecule has 2 aliphatic heterocycles. The molecule has 1 saturated heterocycles. The van der Waals surface area contributed by atoms with Crippen molar-refractivity contribution in [2.24, 2.45) is 0 Å². The van der Waals surface area contributed by atoms with Crippen LogP contribution in [0.4, 0.5) is 14.9 Å². The molecule has 0 aromatic heterocycles. The Morgan fingerprint density at radius 1 is 1.09 bits per heavy atom. The maximum Gasteiger partial charge on any atom is 0.338 e. The van der Waals surface area contributed by atoms with Crippen molar-refractivity contribution < 1.29 is 18.7 Å². The normalized spacial score (nSPS) is 19.2. The fourth-order valence-electron chi connectivity index (χ4n) is 4.39. The number of anilines is 1. The van der Waals surface area contributed by atoms with E-state index >= 15 is 0 Å². The predicted molar refractivity (Wildman–Crippen MR) is 124 cm³/mol. The third-order valence-electron chi connectivity index (χ3n) is 6.06. The lowest BCUT2D eigenvalue weighted by Crippen LogP contribution is -2.52. The number of piperazine rings is 1. The number of para-hydroxylation sites is 1. The minimum absolute atomic E-state index is 0.217. The zero-order valence-electron chi connectivity index (χ0n) is 18.9. The van der Waals surface area contributed by atoms with E-state index in [1.807, 2.05) is 12.1 Å². The number of hydrogen-bond acceptors (Lipinski definition) is 5. The van der Waals surface area contributed by atoms with Crippen LogP contribution in [-0.4, -0.2) is 56.2 Å². The maximum atomic E-state index is 13.5. The number of amides is 2. The van der Waals surface area contributed by atoms with Crippen molar-refractivity contribution in [3.8, 4) is 0 Å². The number of aryl methyl sites for hydroxylation is 1. The number of urea groups is 1. The Kier molecular flexibility index (Phi) is 6.93. The summed E-state index contributed by atoms with van der Waals surface area (Å²) in [6, 6.07) is 13.0. The molecule has 2 aromatic carbocycles. The summed E-state index contributed by atoms with van der Waals surface area (Å²) in [7, 11) is 0. The summed E-state index contributed by atoms with van der Waals surface area (Å²) in [4.78, 5) is 29.9. The summed E-state index contributed by atoms with van der Waals surface area (Å²) in [5, 5.41) is 5.60. The van der Waals surface area contributed by atoms with Gasteiger partial charge in [-0.2, -0.15) is 0 Å². The molecule has 2 aromatic rings. The SMILES string of the molecule is CCOC(=O)C1=C(CN2CCN(c3ccccc3C)CC2)NC(=O)N[C@@H]1c1ccc(F)cc1. The Bertz CT molecular complexity index is 1050. The largest absolute Gasteiger partial charge is 0.463 e. The van der Waals surface area contributed by atoms with E-state index in [1.165, 1.54) is 23.4 Å². The van der Waals surface area contributed by atoms with Gasteiger partial charge in [-0.05, 0) is 43.2 Å². The molecule has 1 fully saturated rings. The number of benzene rings is 2. The minimum Gasteiger partial charge on any atom is -0.463 e. The van der Waals surface area contributed by atoms with Gasteiger partial charge >= 0.3 is 12.0 Å². The van der Waals surface area contributed by atoms with Gasteiger partial charge in [-0.3, -0.25) is 4.90 Å². The molecule has 2 N–H and O–H groups in total. The molecule has 2 heterocycles. The highest BCUT2D eigenvalue weighted by atomic mass is 19.1. The number of carbonyl (C=O) groups excluding carboxylic acids is 2. The second-order valence-corrected chi connectivity index (χ2v) is 8.25. The molecule has 0 spiro atoms. The molecule has 0 saturated carbocycles. The highest BCUT2D eigenvalue weighted by Crippen LogP contribution is 2.29. The third kappa shape index (κ3) is 5.17. The summed E-state index contributed by atoms with van der Waals surface area (Å²) in [6.45, 7) is 7.76. The maximum absolute atomic E-state index is 13.5. The van der Waals surface area contributed by atoms with Crippen LogP contribution in [0.25, 0.3) is 0 Å². The fourth-order valence-corrected chi connectivity index (χ4v) is 4.39. The highest BCUT2D eigenvalue weighted by Gasteiger charge is 2.34. The van der Waals surface area contributed by atoms with Crippen LogP contribution in [0.5, 0.6) is 0 Å². The summed E-state index contributed by atoms with van der Waals surface area (Å²) < 4.78 is 18.8. The van der Waals surface area contributed by atoms with Gasteiger partial charge in [0.15, 0.2) is 0 Å². The van der Waals surface area contributed by atoms with Gasteiger partial charge in [0.1, 0.15) is 5.82 Å². The van der Waals surface area contributed by atoms with Gasteiger partial charge in [-0.1, -0.05) is 30.3 Å². The molecule has 2 aliphatic rings. The first-order chi connectivity index (χ1) is 16.0. The van der Waals surface area contributed by atoms with E-state index in [1.54, 1.807) is 19.1 Å². The van der Waals surface area contributed by atoms with Gasteiger partial charge in [0.25, 0.3) is 0 Å². The minimum atomic E-state index is -0.707. The molecule has 33 heavy (non-hydrogen) atoms. The smallest absolute Gasteiger partial charge is 0.338 e. The number of esters is 1. The second kappa shape index (κ2) is 10.0. The van der Waals surface area contributed by atoms with Crippen LogP contribution in [0.1, 0.15) is 24.1 Å². The van der Waals surface area contributed by atoms with Crippen molar-refractivity contribution in [3.63, 3.8) is 0 Å². The van der Waals surface area contributed by atoms with Crippen molar-refractivity contribution in [1.29, 1.82) is 0 Å². The van der Waals surface area contributed by atoms with Gasteiger partial charge in [0.05, 0.1) is 18.2 Å². The van der Waals surface area contributed by atoms with E-state index in [2.05, 4.69) is 39.5 Å². The molecule has 2 amide bonds. The quantitative estimate of drug-likeness (QED) is 0.659. The number of carbonyl (C=O) groups is 2. The van der Waals surface area contributed by atoms with E-state index < -0.39 is 18.0 Å². The first kappa shape index (κ1) is 22.8. The number of nitrogens with zero attached hydrogens (tertiary/aromatic N) is 2. The van der Waals surface area contributed by atoms with Crippen molar-refractivity contribution in [2.75, 3.05) is 44.2 Å². The van der Waals surface area contributed by atoms with Crippen LogP contribution in [0.3, 0.4) is 0 Å². The zero-order valence-corrected chi connectivity index (χ0v) is 18.9. The van der Waals surface area contributed by atoms with Crippen LogP contribution in [0.15, 0.2) is 59.8 Å². The number of halogens is 1. The molecule has 4 rings (SSSR count). The molecule has 0 radical (unpaired) electrons. The Morgan fingerprint density at radius 3 is 2.45 bits per heavy atom. The molecule has 1 atom stereocenters. The van der Waals surface area contributed by atoms with Crippen molar-refractivity contribution >= 4 is 17.7 Å². The fraction of sp³-hybridized carbons (Fsp3) is 0.360. The van der Waals surface area contributed by atoms with E-state index in [9.17, 15) is 14.0 Å². The van der Waals surface area contributed by atoms with Gasteiger partial charge in [0, 0.05) is 44.1 Å². The molecule has 174 valence electrons. The van der Waals surface area contributed by atoms with E-state index in [0.29, 0.717) is 23.4 Å². The third-order valence-corrected chi connectivity index (χ3v) is 6.06. The zero-order chi connectivity index (χ0) is 23.4. The lowest BCUT2D eigenvalue weighted by atomic mass is 9.95. The van der Waals surface area contributed by atoms with Crippen LogP contribution in [0, 0.1) is 12.7 Å². The topological polar surface area (TPSA) is 73.9 Å². The summed E-state index contributed by atoms with van der Waals surface area (Å²) in [5.74, 6) is -0.875. The molecule has 8 heteroatoms. The van der Waals surface area contributed by atoms with Crippen molar-refractivity contribution in [1.82, 2.24) is 15.5 Å². The second-order valence-electron chi connectivity index (χ2n) is 8.25. The Hall–Kier alpha value is -3.39. The lowest BCUT2D eigenvalue weighted by Gasteiger charge is -2.38. The molecular weight excluding hydrogens is 423 g/mol. The lowest BCUT2D eigenvalue weighted by molar-refractivity contribution is -0.139.